The summed E-state index contributed by atoms with van der Waals surface area (Å²) in [5.74, 6) is 1.40. The summed E-state index contributed by atoms with van der Waals surface area (Å²) in [4.78, 5) is 30.3. The van der Waals surface area contributed by atoms with Gasteiger partial charge in [-0.3, -0.25) is 14.2 Å². The minimum absolute atomic E-state index is 0.0472. The van der Waals surface area contributed by atoms with Gasteiger partial charge < -0.3 is 10.1 Å². The van der Waals surface area contributed by atoms with Crippen LogP contribution in [0.2, 0.25) is 0 Å². The standard InChI is InChI=1S/C22H23N3O3S/c1-14(15-10-11-15)23-20(26)13-29-22-24-19-9-4-3-8-18(19)21(27)25(22)16-6-5-7-17(12-16)28-2/h3-9,12,14-15H,10-11,13H2,1-2H3,(H,23,26)/t14-/m1/s1. The first-order valence-corrected chi connectivity index (χ1v) is 10.6. The molecule has 1 aromatic heterocycles. The third kappa shape index (κ3) is 4.29. The third-order valence-electron chi connectivity index (χ3n) is 5.11. The van der Waals surface area contributed by atoms with E-state index in [4.69, 9.17) is 4.74 Å². The van der Waals surface area contributed by atoms with Crippen LogP contribution in [0.3, 0.4) is 0 Å². The zero-order valence-electron chi connectivity index (χ0n) is 16.4. The Morgan fingerprint density at radius 1 is 1.28 bits per heavy atom. The number of aromatic nitrogens is 2. The maximum atomic E-state index is 13.2. The smallest absolute Gasteiger partial charge is 0.266 e. The number of thioether (sulfide) groups is 1. The van der Waals surface area contributed by atoms with Crippen molar-refractivity contribution in [2.75, 3.05) is 12.9 Å². The van der Waals surface area contributed by atoms with Crippen LogP contribution in [0.5, 0.6) is 5.75 Å². The molecule has 1 atom stereocenters. The molecule has 4 rings (SSSR count). The van der Waals surface area contributed by atoms with Crippen LogP contribution < -0.4 is 15.6 Å². The van der Waals surface area contributed by atoms with Gasteiger partial charge >= 0.3 is 0 Å². The molecule has 1 N–H and O–H groups in total. The second kappa shape index (κ2) is 8.29. The van der Waals surface area contributed by atoms with Gasteiger partial charge in [0, 0.05) is 12.1 Å². The fraction of sp³-hybridized carbons (Fsp3) is 0.318. The highest BCUT2D eigenvalue weighted by Gasteiger charge is 2.28. The molecule has 0 radical (unpaired) electrons. The average Bonchev–Trinajstić information content (AvgIpc) is 3.58. The van der Waals surface area contributed by atoms with Crippen LogP contribution in [0.4, 0.5) is 0 Å². The predicted octanol–water partition coefficient (Wildman–Crippen LogP) is 3.40. The summed E-state index contributed by atoms with van der Waals surface area (Å²) in [6, 6.07) is 14.7. The lowest BCUT2D eigenvalue weighted by Gasteiger charge is -2.15. The number of ether oxygens (including phenoxy) is 1. The van der Waals surface area contributed by atoms with E-state index in [1.807, 2.05) is 43.3 Å². The van der Waals surface area contributed by atoms with Crippen molar-refractivity contribution in [3.63, 3.8) is 0 Å². The maximum absolute atomic E-state index is 13.2. The minimum atomic E-state index is -0.168. The number of nitrogens with zero attached hydrogens (tertiary/aromatic N) is 2. The van der Waals surface area contributed by atoms with E-state index in [0.29, 0.717) is 33.4 Å². The second-order valence-corrected chi connectivity index (χ2v) is 8.18. The van der Waals surface area contributed by atoms with E-state index in [1.165, 1.54) is 24.6 Å². The van der Waals surface area contributed by atoms with Gasteiger partial charge in [-0.05, 0) is 49.9 Å². The summed E-state index contributed by atoms with van der Waals surface area (Å²) in [5.41, 5.74) is 1.10. The lowest BCUT2D eigenvalue weighted by molar-refractivity contribution is -0.119. The number of fused-ring (bicyclic) bond motifs is 1. The molecule has 1 aliphatic carbocycles. The molecule has 1 heterocycles. The number of carbonyl (C=O) groups is 1. The van der Waals surface area contributed by atoms with E-state index >= 15 is 0 Å². The molecule has 1 aliphatic rings. The number of para-hydroxylation sites is 1. The zero-order valence-corrected chi connectivity index (χ0v) is 17.2. The molecule has 0 spiro atoms. The monoisotopic (exact) mass is 409 g/mol. The predicted molar refractivity (Wildman–Crippen MR) is 115 cm³/mol. The number of hydrogen-bond acceptors (Lipinski definition) is 5. The Morgan fingerprint density at radius 3 is 2.83 bits per heavy atom. The van der Waals surface area contributed by atoms with Gasteiger partial charge in [0.05, 0.1) is 29.5 Å². The molecule has 1 amide bonds. The van der Waals surface area contributed by atoms with Crippen LogP contribution in [-0.4, -0.2) is 34.4 Å². The number of rotatable bonds is 7. The molecule has 29 heavy (non-hydrogen) atoms. The molecule has 0 saturated heterocycles. The Kier molecular flexibility index (Phi) is 5.58. The molecule has 3 aromatic rings. The number of carbonyl (C=O) groups excluding carboxylic acids is 1. The van der Waals surface area contributed by atoms with E-state index in [-0.39, 0.29) is 23.3 Å². The van der Waals surface area contributed by atoms with E-state index in [2.05, 4.69) is 10.3 Å². The molecule has 1 fully saturated rings. The molecule has 0 bridgehead atoms. The summed E-state index contributed by atoms with van der Waals surface area (Å²) in [7, 11) is 1.58. The topological polar surface area (TPSA) is 73.2 Å². The fourth-order valence-electron chi connectivity index (χ4n) is 3.33. The second-order valence-electron chi connectivity index (χ2n) is 7.24. The molecule has 2 aromatic carbocycles. The van der Waals surface area contributed by atoms with Gasteiger partial charge in [0.2, 0.25) is 5.91 Å². The third-order valence-corrected chi connectivity index (χ3v) is 6.05. The summed E-state index contributed by atoms with van der Waals surface area (Å²) in [6.07, 6.45) is 2.35. The van der Waals surface area contributed by atoms with Crippen LogP contribution >= 0.6 is 11.8 Å². The number of benzene rings is 2. The van der Waals surface area contributed by atoms with Gasteiger partial charge in [0.1, 0.15) is 5.75 Å². The molecule has 6 nitrogen and oxygen atoms in total. The van der Waals surface area contributed by atoms with Crippen LogP contribution in [0.25, 0.3) is 16.6 Å². The number of methoxy groups -OCH3 is 1. The first-order valence-electron chi connectivity index (χ1n) is 9.65. The molecule has 0 aliphatic heterocycles. The van der Waals surface area contributed by atoms with E-state index in [1.54, 1.807) is 23.8 Å². The van der Waals surface area contributed by atoms with Gasteiger partial charge in [-0.1, -0.05) is 30.0 Å². The highest BCUT2D eigenvalue weighted by Crippen LogP contribution is 2.32. The van der Waals surface area contributed by atoms with Crippen molar-refractivity contribution < 1.29 is 9.53 Å². The number of nitrogens with one attached hydrogen (secondary N) is 1. The van der Waals surface area contributed by atoms with Crippen LogP contribution in [-0.2, 0) is 4.79 Å². The molecular weight excluding hydrogens is 386 g/mol. The highest BCUT2D eigenvalue weighted by molar-refractivity contribution is 7.99. The molecular formula is C22H23N3O3S. The van der Waals surface area contributed by atoms with Gasteiger partial charge in [-0.15, -0.1) is 0 Å². The Bertz CT molecular complexity index is 1110. The Balaban J connectivity index is 1.69. The average molecular weight is 410 g/mol. The van der Waals surface area contributed by atoms with Crippen LogP contribution in [0, 0.1) is 5.92 Å². The van der Waals surface area contributed by atoms with Gasteiger partial charge in [0.25, 0.3) is 5.56 Å². The van der Waals surface area contributed by atoms with Crippen molar-refractivity contribution in [1.29, 1.82) is 0 Å². The van der Waals surface area contributed by atoms with Crippen molar-refractivity contribution in [2.45, 2.75) is 31.0 Å². The quantitative estimate of drug-likeness (QED) is 0.478. The Labute approximate surface area is 173 Å². The van der Waals surface area contributed by atoms with E-state index < -0.39 is 0 Å². The maximum Gasteiger partial charge on any atom is 0.266 e. The molecule has 7 heteroatoms. The number of hydrogen-bond donors (Lipinski definition) is 1. The molecule has 1 saturated carbocycles. The largest absolute Gasteiger partial charge is 0.497 e. The lowest BCUT2D eigenvalue weighted by Crippen LogP contribution is -2.35. The lowest BCUT2D eigenvalue weighted by atomic mass is 10.2. The van der Waals surface area contributed by atoms with Gasteiger partial charge in [0.15, 0.2) is 5.16 Å². The van der Waals surface area contributed by atoms with Crippen molar-refractivity contribution in [2.24, 2.45) is 5.92 Å². The van der Waals surface area contributed by atoms with E-state index in [0.717, 1.165) is 0 Å². The fourth-order valence-corrected chi connectivity index (χ4v) is 4.15. The van der Waals surface area contributed by atoms with Crippen molar-refractivity contribution >= 4 is 28.6 Å². The zero-order chi connectivity index (χ0) is 20.4. The molecule has 150 valence electrons. The van der Waals surface area contributed by atoms with Gasteiger partial charge in [-0.25, -0.2) is 4.98 Å². The Hall–Kier alpha value is -2.80. The Morgan fingerprint density at radius 2 is 2.07 bits per heavy atom. The summed E-state index contributed by atoms with van der Waals surface area (Å²) >= 11 is 1.27. The van der Waals surface area contributed by atoms with Gasteiger partial charge in [-0.2, -0.15) is 0 Å². The summed E-state index contributed by atoms with van der Waals surface area (Å²) in [6.45, 7) is 2.04. The highest BCUT2D eigenvalue weighted by atomic mass is 32.2. The van der Waals surface area contributed by atoms with Crippen LogP contribution in [0.1, 0.15) is 19.8 Å². The normalized spacial score (nSPS) is 14.6. The van der Waals surface area contributed by atoms with E-state index in [9.17, 15) is 9.59 Å². The summed E-state index contributed by atoms with van der Waals surface area (Å²) in [5, 5.41) is 4.06. The van der Waals surface area contributed by atoms with Crippen molar-refractivity contribution in [3.8, 4) is 11.4 Å². The van der Waals surface area contributed by atoms with Crippen molar-refractivity contribution in [3.05, 3.63) is 58.9 Å². The van der Waals surface area contributed by atoms with Crippen molar-refractivity contribution in [1.82, 2.24) is 14.9 Å². The molecule has 0 unspecified atom stereocenters. The first-order chi connectivity index (χ1) is 14.1. The first kappa shape index (κ1) is 19.5. The SMILES string of the molecule is COc1cccc(-n2c(SCC(=O)N[C@H](C)C3CC3)nc3ccccc3c2=O)c1. The van der Waals surface area contributed by atoms with Crippen LogP contribution in [0.15, 0.2) is 58.5 Å². The summed E-state index contributed by atoms with van der Waals surface area (Å²) < 4.78 is 6.86. The number of amides is 1. The minimum Gasteiger partial charge on any atom is -0.497 e.